The van der Waals surface area contributed by atoms with Gasteiger partial charge in [-0.25, -0.2) is 0 Å². The number of hydrogen-bond donors (Lipinski definition) is 2. The molecule has 1 atom stereocenters. The Labute approximate surface area is 138 Å². The molecule has 0 bridgehead atoms. The van der Waals surface area contributed by atoms with Gasteiger partial charge in [0.05, 0.1) is 19.9 Å². The highest BCUT2D eigenvalue weighted by molar-refractivity contribution is 5.54. The van der Waals surface area contributed by atoms with Crippen LogP contribution in [-0.4, -0.2) is 26.8 Å². The van der Waals surface area contributed by atoms with E-state index in [9.17, 15) is 0 Å². The van der Waals surface area contributed by atoms with Crippen LogP contribution in [-0.2, 0) is 12.8 Å². The molecule has 0 aromatic heterocycles. The van der Waals surface area contributed by atoms with E-state index in [4.69, 9.17) is 15.2 Å². The first-order valence-corrected chi connectivity index (χ1v) is 7.91. The molecule has 3 N–H and O–H groups in total. The largest absolute Gasteiger partial charge is 0.497 e. The number of benzene rings is 2. The van der Waals surface area contributed by atoms with Crippen molar-refractivity contribution in [3.63, 3.8) is 0 Å². The standard InChI is InChI=1S/C19H26N2O2/c1-14(12-16-6-9-19(23-3)18(20)13-16)21-11-10-15-4-7-17(22-2)8-5-15/h4-9,13-14,21H,10-12,20H2,1-3H3. The number of nitrogens with two attached hydrogens (primary N) is 1. The van der Waals surface area contributed by atoms with Gasteiger partial charge >= 0.3 is 0 Å². The van der Waals surface area contributed by atoms with Crippen LogP contribution >= 0.6 is 0 Å². The molecule has 2 aromatic rings. The third kappa shape index (κ3) is 5.18. The van der Waals surface area contributed by atoms with E-state index in [1.165, 1.54) is 11.1 Å². The minimum Gasteiger partial charge on any atom is -0.497 e. The van der Waals surface area contributed by atoms with Crippen LogP contribution < -0.4 is 20.5 Å². The fourth-order valence-corrected chi connectivity index (χ4v) is 2.59. The van der Waals surface area contributed by atoms with Gasteiger partial charge in [0.1, 0.15) is 11.5 Å². The zero-order valence-corrected chi connectivity index (χ0v) is 14.1. The van der Waals surface area contributed by atoms with Gasteiger partial charge in [-0.15, -0.1) is 0 Å². The Balaban J connectivity index is 1.78. The van der Waals surface area contributed by atoms with Gasteiger partial charge in [-0.2, -0.15) is 0 Å². The molecule has 4 nitrogen and oxygen atoms in total. The maximum atomic E-state index is 5.95. The summed E-state index contributed by atoms with van der Waals surface area (Å²) in [7, 11) is 3.32. The van der Waals surface area contributed by atoms with E-state index in [0.29, 0.717) is 11.7 Å². The van der Waals surface area contributed by atoms with Gasteiger partial charge in [0.25, 0.3) is 0 Å². The number of hydrogen-bond acceptors (Lipinski definition) is 4. The van der Waals surface area contributed by atoms with E-state index in [0.717, 1.165) is 30.9 Å². The maximum Gasteiger partial charge on any atom is 0.141 e. The van der Waals surface area contributed by atoms with Crippen LogP contribution in [0.15, 0.2) is 42.5 Å². The van der Waals surface area contributed by atoms with Crippen molar-refractivity contribution in [3.8, 4) is 11.5 Å². The van der Waals surface area contributed by atoms with Crippen molar-refractivity contribution in [2.24, 2.45) is 0 Å². The Kier molecular flexibility index (Phi) is 6.29. The average Bonchev–Trinajstić information content (AvgIpc) is 2.55. The summed E-state index contributed by atoms with van der Waals surface area (Å²) in [4.78, 5) is 0. The first-order valence-electron chi connectivity index (χ1n) is 7.91. The Bertz CT molecular complexity index is 611. The minimum atomic E-state index is 0.390. The van der Waals surface area contributed by atoms with Crippen LogP contribution in [0, 0.1) is 0 Å². The van der Waals surface area contributed by atoms with Crippen molar-refractivity contribution in [1.29, 1.82) is 0 Å². The summed E-state index contributed by atoms with van der Waals surface area (Å²) in [5, 5.41) is 3.55. The smallest absolute Gasteiger partial charge is 0.141 e. The minimum absolute atomic E-state index is 0.390. The number of methoxy groups -OCH3 is 2. The van der Waals surface area contributed by atoms with Gasteiger partial charge < -0.3 is 20.5 Å². The molecule has 1 unspecified atom stereocenters. The summed E-state index contributed by atoms with van der Waals surface area (Å²) in [5.74, 6) is 1.63. The van der Waals surface area contributed by atoms with Crippen molar-refractivity contribution in [1.82, 2.24) is 5.32 Å². The topological polar surface area (TPSA) is 56.5 Å². The van der Waals surface area contributed by atoms with Crippen molar-refractivity contribution in [2.45, 2.75) is 25.8 Å². The number of rotatable bonds is 8. The third-order valence-corrected chi connectivity index (χ3v) is 3.90. The Hall–Kier alpha value is -2.20. The summed E-state index contributed by atoms with van der Waals surface area (Å²) in [6.07, 6.45) is 1.94. The molecule has 0 heterocycles. The van der Waals surface area contributed by atoms with Crippen molar-refractivity contribution in [2.75, 3.05) is 26.5 Å². The molecule has 2 rings (SSSR count). The molecular formula is C19H26N2O2. The summed E-state index contributed by atoms with van der Waals surface area (Å²) < 4.78 is 10.4. The maximum absolute atomic E-state index is 5.95. The number of nitrogens with one attached hydrogen (secondary N) is 1. The van der Waals surface area contributed by atoms with E-state index in [-0.39, 0.29) is 0 Å². The van der Waals surface area contributed by atoms with Crippen LogP contribution in [0.4, 0.5) is 5.69 Å². The lowest BCUT2D eigenvalue weighted by Crippen LogP contribution is -2.30. The summed E-state index contributed by atoms with van der Waals surface area (Å²) >= 11 is 0. The number of anilines is 1. The molecule has 0 amide bonds. The van der Waals surface area contributed by atoms with E-state index in [1.54, 1.807) is 14.2 Å². The Morgan fingerprint density at radius 2 is 1.70 bits per heavy atom. The lowest BCUT2D eigenvalue weighted by atomic mass is 10.1. The van der Waals surface area contributed by atoms with Gasteiger partial charge in [0, 0.05) is 6.04 Å². The van der Waals surface area contributed by atoms with Crippen LogP contribution in [0.25, 0.3) is 0 Å². The van der Waals surface area contributed by atoms with E-state index >= 15 is 0 Å². The fraction of sp³-hybridized carbons (Fsp3) is 0.368. The molecule has 0 radical (unpaired) electrons. The quantitative estimate of drug-likeness (QED) is 0.735. The van der Waals surface area contributed by atoms with Crippen LogP contribution in [0.5, 0.6) is 11.5 Å². The Morgan fingerprint density at radius 3 is 2.30 bits per heavy atom. The van der Waals surface area contributed by atoms with Gasteiger partial charge in [0.15, 0.2) is 0 Å². The molecule has 4 heteroatoms. The highest BCUT2D eigenvalue weighted by Crippen LogP contribution is 2.22. The van der Waals surface area contributed by atoms with Gasteiger partial charge in [-0.1, -0.05) is 18.2 Å². The first-order chi connectivity index (χ1) is 11.1. The van der Waals surface area contributed by atoms with Crippen LogP contribution in [0.3, 0.4) is 0 Å². The van der Waals surface area contributed by atoms with Gasteiger partial charge in [-0.05, 0) is 61.7 Å². The van der Waals surface area contributed by atoms with Crippen LogP contribution in [0.1, 0.15) is 18.1 Å². The second-order valence-corrected chi connectivity index (χ2v) is 5.73. The number of ether oxygens (including phenoxy) is 2. The first kappa shape index (κ1) is 17.2. The van der Waals surface area contributed by atoms with Gasteiger partial charge in [0.2, 0.25) is 0 Å². The molecule has 0 aliphatic heterocycles. The predicted octanol–water partition coefficient (Wildman–Crippen LogP) is 3.05. The monoisotopic (exact) mass is 314 g/mol. The zero-order chi connectivity index (χ0) is 16.7. The molecule has 0 saturated heterocycles. The van der Waals surface area contributed by atoms with Crippen molar-refractivity contribution in [3.05, 3.63) is 53.6 Å². The van der Waals surface area contributed by atoms with Crippen molar-refractivity contribution < 1.29 is 9.47 Å². The highest BCUT2D eigenvalue weighted by Gasteiger charge is 2.06. The molecule has 2 aromatic carbocycles. The zero-order valence-electron chi connectivity index (χ0n) is 14.1. The van der Waals surface area contributed by atoms with E-state index < -0.39 is 0 Å². The van der Waals surface area contributed by atoms with Crippen LogP contribution in [0.2, 0.25) is 0 Å². The van der Waals surface area contributed by atoms with E-state index in [2.05, 4.69) is 30.4 Å². The summed E-state index contributed by atoms with van der Waals surface area (Å²) in [5.41, 5.74) is 9.16. The summed E-state index contributed by atoms with van der Waals surface area (Å²) in [6.45, 7) is 3.13. The molecule has 0 aliphatic rings. The molecule has 0 aliphatic carbocycles. The third-order valence-electron chi connectivity index (χ3n) is 3.90. The lowest BCUT2D eigenvalue weighted by Gasteiger charge is -2.15. The Morgan fingerprint density at radius 1 is 1.00 bits per heavy atom. The highest BCUT2D eigenvalue weighted by atomic mass is 16.5. The molecule has 0 saturated carbocycles. The van der Waals surface area contributed by atoms with Gasteiger partial charge in [-0.3, -0.25) is 0 Å². The summed E-state index contributed by atoms with van der Waals surface area (Å²) in [6, 6.07) is 14.6. The van der Waals surface area contributed by atoms with Crippen molar-refractivity contribution >= 4 is 5.69 Å². The lowest BCUT2D eigenvalue weighted by molar-refractivity contribution is 0.414. The second kappa shape index (κ2) is 8.44. The molecule has 23 heavy (non-hydrogen) atoms. The molecule has 124 valence electrons. The molecule has 0 fully saturated rings. The SMILES string of the molecule is COc1ccc(CCNC(C)Cc2ccc(OC)c(N)c2)cc1. The normalized spacial score (nSPS) is 12.0. The second-order valence-electron chi connectivity index (χ2n) is 5.73. The fourth-order valence-electron chi connectivity index (χ4n) is 2.59. The molecular weight excluding hydrogens is 288 g/mol. The predicted molar refractivity (Wildman–Crippen MR) is 95.3 cm³/mol. The number of nitrogen functional groups attached to an aromatic ring is 1. The van der Waals surface area contributed by atoms with E-state index in [1.807, 2.05) is 24.3 Å². The average molecular weight is 314 g/mol. The molecule has 0 spiro atoms.